The van der Waals surface area contributed by atoms with E-state index in [9.17, 15) is 4.79 Å². The lowest BCUT2D eigenvalue weighted by molar-refractivity contribution is 0.102. The van der Waals surface area contributed by atoms with Crippen LogP contribution in [0, 0.1) is 6.92 Å². The number of para-hydroxylation sites is 1. The van der Waals surface area contributed by atoms with Crippen molar-refractivity contribution < 1.29 is 9.32 Å². The van der Waals surface area contributed by atoms with Crippen LogP contribution in [0.4, 0.5) is 17.3 Å². The summed E-state index contributed by atoms with van der Waals surface area (Å²) in [6, 6.07) is 8.87. The van der Waals surface area contributed by atoms with Crippen LogP contribution in [0.5, 0.6) is 0 Å². The van der Waals surface area contributed by atoms with Crippen LogP contribution in [-0.2, 0) is 0 Å². The van der Waals surface area contributed by atoms with Crippen molar-refractivity contribution in [3.05, 3.63) is 59.2 Å². The third-order valence-corrected chi connectivity index (χ3v) is 3.22. The number of hydrogen-bond donors (Lipinski definition) is 2. The van der Waals surface area contributed by atoms with E-state index in [-0.39, 0.29) is 5.69 Å². The Hall–Kier alpha value is -2.93. The maximum Gasteiger partial charge on any atom is 0.277 e. The maximum atomic E-state index is 12.0. The lowest BCUT2D eigenvalue weighted by Crippen LogP contribution is -2.14. The number of aryl methyl sites for hydroxylation is 1. The molecule has 2 heterocycles. The molecular weight excluding hydrogens is 318 g/mol. The second-order valence-electron chi connectivity index (χ2n) is 4.67. The highest BCUT2D eigenvalue weighted by Crippen LogP contribution is 2.23. The zero-order chi connectivity index (χ0) is 16.2. The van der Waals surface area contributed by atoms with Crippen molar-refractivity contribution >= 4 is 34.8 Å². The molecule has 23 heavy (non-hydrogen) atoms. The summed E-state index contributed by atoms with van der Waals surface area (Å²) in [4.78, 5) is 20.2. The van der Waals surface area contributed by atoms with Crippen molar-refractivity contribution in [1.82, 2.24) is 15.1 Å². The van der Waals surface area contributed by atoms with E-state index in [1.54, 1.807) is 19.1 Å². The van der Waals surface area contributed by atoms with Crippen LogP contribution < -0.4 is 10.6 Å². The number of nitrogens with one attached hydrogen (secondary N) is 2. The van der Waals surface area contributed by atoms with Crippen LogP contribution in [0.3, 0.4) is 0 Å². The van der Waals surface area contributed by atoms with E-state index in [0.29, 0.717) is 28.1 Å². The van der Waals surface area contributed by atoms with Crippen molar-refractivity contribution in [2.75, 3.05) is 10.6 Å². The fourth-order valence-corrected chi connectivity index (χ4v) is 2.00. The molecule has 116 valence electrons. The highest BCUT2D eigenvalue weighted by atomic mass is 35.5. The molecule has 0 aliphatic heterocycles. The number of carbonyl (C=O) groups excluding carboxylic acids is 1. The SMILES string of the molecule is Cc1cc(NC(=O)c2cnc(Nc3ccccc3Cl)cn2)no1. The fraction of sp³-hybridized carbons (Fsp3) is 0.0667. The Balaban J connectivity index is 1.69. The predicted molar refractivity (Wildman–Crippen MR) is 86.0 cm³/mol. The molecule has 0 atom stereocenters. The molecule has 0 aliphatic carbocycles. The van der Waals surface area contributed by atoms with Crippen molar-refractivity contribution in [2.24, 2.45) is 0 Å². The number of rotatable bonds is 4. The molecule has 0 saturated carbocycles. The van der Waals surface area contributed by atoms with E-state index in [1.807, 2.05) is 18.2 Å². The lowest BCUT2D eigenvalue weighted by atomic mass is 10.3. The highest BCUT2D eigenvalue weighted by Gasteiger charge is 2.11. The van der Waals surface area contributed by atoms with Gasteiger partial charge >= 0.3 is 0 Å². The molecule has 0 spiro atoms. The first-order valence-corrected chi connectivity index (χ1v) is 7.08. The van der Waals surface area contributed by atoms with Gasteiger partial charge in [0.25, 0.3) is 5.91 Å². The van der Waals surface area contributed by atoms with Crippen molar-refractivity contribution in [3.63, 3.8) is 0 Å². The van der Waals surface area contributed by atoms with Gasteiger partial charge < -0.3 is 15.2 Å². The van der Waals surface area contributed by atoms with Gasteiger partial charge in [-0.25, -0.2) is 9.97 Å². The normalized spacial score (nSPS) is 10.3. The van der Waals surface area contributed by atoms with Gasteiger partial charge in [0.15, 0.2) is 5.82 Å². The van der Waals surface area contributed by atoms with Crippen LogP contribution in [0.25, 0.3) is 0 Å². The summed E-state index contributed by atoms with van der Waals surface area (Å²) in [5, 5.41) is 9.85. The first kappa shape index (κ1) is 15.0. The van der Waals surface area contributed by atoms with Gasteiger partial charge in [-0.1, -0.05) is 28.9 Å². The number of anilines is 3. The van der Waals surface area contributed by atoms with Gasteiger partial charge in [0.1, 0.15) is 17.3 Å². The molecule has 1 aromatic carbocycles. The van der Waals surface area contributed by atoms with Crippen LogP contribution in [0.1, 0.15) is 16.2 Å². The predicted octanol–water partition coefficient (Wildman–Crippen LogP) is 3.42. The second kappa shape index (κ2) is 6.45. The van der Waals surface area contributed by atoms with Crippen molar-refractivity contribution in [1.29, 1.82) is 0 Å². The first-order valence-electron chi connectivity index (χ1n) is 6.70. The van der Waals surface area contributed by atoms with Gasteiger partial charge in [-0.3, -0.25) is 4.79 Å². The van der Waals surface area contributed by atoms with Gasteiger partial charge in [-0.05, 0) is 19.1 Å². The minimum atomic E-state index is -0.421. The third-order valence-electron chi connectivity index (χ3n) is 2.89. The van der Waals surface area contributed by atoms with Crippen LogP contribution >= 0.6 is 11.6 Å². The molecule has 0 saturated heterocycles. The summed E-state index contributed by atoms with van der Waals surface area (Å²) in [6.07, 6.45) is 2.81. The van der Waals surface area contributed by atoms with E-state index in [2.05, 4.69) is 25.8 Å². The zero-order valence-electron chi connectivity index (χ0n) is 12.1. The van der Waals surface area contributed by atoms with E-state index in [0.717, 1.165) is 0 Å². The molecule has 0 unspecified atom stereocenters. The summed E-state index contributed by atoms with van der Waals surface area (Å²) in [6.45, 7) is 1.73. The van der Waals surface area contributed by atoms with E-state index in [4.69, 9.17) is 16.1 Å². The Morgan fingerprint density at radius 1 is 1.17 bits per heavy atom. The Bertz CT molecular complexity index is 832. The lowest BCUT2D eigenvalue weighted by Gasteiger charge is -2.07. The van der Waals surface area contributed by atoms with E-state index < -0.39 is 5.91 Å². The zero-order valence-corrected chi connectivity index (χ0v) is 12.8. The summed E-state index contributed by atoms with van der Waals surface area (Å²) < 4.78 is 4.87. The number of benzene rings is 1. The molecule has 3 aromatic rings. The fourth-order valence-electron chi connectivity index (χ4n) is 1.82. The number of amides is 1. The Labute approximate surface area is 136 Å². The Morgan fingerprint density at radius 2 is 2.00 bits per heavy atom. The van der Waals surface area contributed by atoms with Gasteiger partial charge in [-0.2, -0.15) is 0 Å². The minimum Gasteiger partial charge on any atom is -0.360 e. The minimum absolute atomic E-state index is 0.162. The van der Waals surface area contributed by atoms with Crippen LogP contribution in [-0.4, -0.2) is 21.0 Å². The number of halogens is 1. The number of hydrogen-bond acceptors (Lipinski definition) is 6. The monoisotopic (exact) mass is 329 g/mol. The summed E-state index contributed by atoms with van der Waals surface area (Å²) >= 11 is 6.06. The van der Waals surface area contributed by atoms with Gasteiger partial charge in [0.05, 0.1) is 23.1 Å². The van der Waals surface area contributed by atoms with Crippen molar-refractivity contribution in [3.8, 4) is 0 Å². The number of nitrogens with zero attached hydrogens (tertiary/aromatic N) is 3. The summed E-state index contributed by atoms with van der Waals surface area (Å²) in [5.74, 6) is 0.986. The average molecular weight is 330 g/mol. The molecule has 1 amide bonds. The van der Waals surface area contributed by atoms with Gasteiger partial charge in [0.2, 0.25) is 0 Å². The second-order valence-corrected chi connectivity index (χ2v) is 5.08. The number of carbonyl (C=O) groups is 1. The molecule has 0 bridgehead atoms. The maximum absolute atomic E-state index is 12.0. The first-order chi connectivity index (χ1) is 11.1. The molecule has 3 rings (SSSR count). The largest absolute Gasteiger partial charge is 0.360 e. The summed E-state index contributed by atoms with van der Waals surface area (Å²) in [5.41, 5.74) is 0.870. The Kier molecular flexibility index (Phi) is 4.20. The van der Waals surface area contributed by atoms with Gasteiger partial charge in [0, 0.05) is 6.07 Å². The average Bonchev–Trinajstić information content (AvgIpc) is 2.95. The van der Waals surface area contributed by atoms with Crippen molar-refractivity contribution in [2.45, 2.75) is 6.92 Å². The van der Waals surface area contributed by atoms with Crippen LogP contribution in [0.2, 0.25) is 5.02 Å². The number of aromatic nitrogens is 3. The molecule has 0 radical (unpaired) electrons. The molecule has 8 heteroatoms. The molecule has 2 aromatic heterocycles. The van der Waals surface area contributed by atoms with Gasteiger partial charge in [-0.15, -0.1) is 0 Å². The van der Waals surface area contributed by atoms with E-state index in [1.165, 1.54) is 12.4 Å². The molecule has 0 aliphatic rings. The standard InChI is InChI=1S/C15H12ClN5O2/c1-9-6-13(21-23-9)20-15(22)12-7-18-14(8-17-12)19-11-5-3-2-4-10(11)16/h2-8H,1H3,(H,18,19)(H,20,21,22). The quantitative estimate of drug-likeness (QED) is 0.761. The third kappa shape index (κ3) is 3.64. The molecular formula is C15H12ClN5O2. The topological polar surface area (TPSA) is 92.9 Å². The van der Waals surface area contributed by atoms with Crippen LogP contribution in [0.15, 0.2) is 47.2 Å². The highest BCUT2D eigenvalue weighted by molar-refractivity contribution is 6.33. The smallest absolute Gasteiger partial charge is 0.277 e. The molecule has 7 nitrogen and oxygen atoms in total. The van der Waals surface area contributed by atoms with E-state index >= 15 is 0 Å². The molecule has 2 N–H and O–H groups in total. The molecule has 0 fully saturated rings. The Morgan fingerprint density at radius 3 is 2.65 bits per heavy atom. The summed E-state index contributed by atoms with van der Waals surface area (Å²) in [7, 11) is 0.